The Kier molecular flexibility index (Phi) is 4.99. The maximum Gasteiger partial charge on any atom is 0.232 e. The van der Waals surface area contributed by atoms with Crippen LogP contribution in [0.2, 0.25) is 15.6 Å². The highest BCUT2D eigenvalue weighted by atomic mass is 35.5. The van der Waals surface area contributed by atoms with Gasteiger partial charge in [-0.1, -0.05) is 23.7 Å². The molecule has 0 aliphatic heterocycles. The third-order valence-corrected chi connectivity index (χ3v) is 2.37. The molecule has 0 spiro atoms. The summed E-state index contributed by atoms with van der Waals surface area (Å²) >= 11 is 17.2. The normalized spacial score (nSPS) is 9.59. The van der Waals surface area contributed by atoms with Gasteiger partial charge >= 0.3 is 0 Å². The Hall–Kier alpha value is -1.04. The molecular weight excluding hydrogens is 281 g/mol. The summed E-state index contributed by atoms with van der Waals surface area (Å²) in [5.41, 5.74) is 0.669. The van der Waals surface area contributed by atoms with Crippen molar-refractivity contribution in [2.24, 2.45) is 0 Å². The standard InChI is InChI=1S/C9H5Cl3N4.B/c10-5-3-1-2-4-6(5)13-9-15-7(11)14-8(12)16-9;/h1-4H,(H,13,14,15,16);. The molecule has 0 amide bonds. The number of rotatable bonds is 2. The third kappa shape index (κ3) is 3.73. The second-order valence-corrected chi connectivity index (χ2v) is 3.89. The number of anilines is 2. The van der Waals surface area contributed by atoms with Crippen molar-refractivity contribution < 1.29 is 0 Å². The van der Waals surface area contributed by atoms with E-state index in [1.54, 1.807) is 12.1 Å². The van der Waals surface area contributed by atoms with E-state index in [1.165, 1.54) is 0 Å². The van der Waals surface area contributed by atoms with E-state index in [2.05, 4.69) is 20.3 Å². The Morgan fingerprint density at radius 3 is 2.06 bits per heavy atom. The van der Waals surface area contributed by atoms with Gasteiger partial charge < -0.3 is 5.32 Å². The molecule has 0 aliphatic carbocycles. The average Bonchev–Trinajstić information content (AvgIpc) is 2.20. The van der Waals surface area contributed by atoms with E-state index in [-0.39, 0.29) is 24.9 Å². The number of para-hydroxylation sites is 1. The molecule has 2 aromatic rings. The van der Waals surface area contributed by atoms with Gasteiger partial charge in [0.2, 0.25) is 16.5 Å². The molecule has 8 heteroatoms. The first kappa shape index (κ1) is 14.0. The smallest absolute Gasteiger partial charge is 0.232 e. The summed E-state index contributed by atoms with van der Waals surface area (Å²) in [5.74, 6) is 0.248. The fourth-order valence-corrected chi connectivity index (χ4v) is 1.61. The van der Waals surface area contributed by atoms with Gasteiger partial charge in [-0.25, -0.2) is 0 Å². The number of nitrogens with zero attached hydrogens (tertiary/aromatic N) is 3. The Balaban J connectivity index is 0.00000144. The summed E-state index contributed by atoms with van der Waals surface area (Å²) < 4.78 is 0. The van der Waals surface area contributed by atoms with Gasteiger partial charge in [0.05, 0.1) is 10.7 Å². The Bertz CT molecular complexity index is 503. The van der Waals surface area contributed by atoms with Crippen molar-refractivity contribution in [3.63, 3.8) is 0 Å². The third-order valence-electron chi connectivity index (χ3n) is 1.70. The van der Waals surface area contributed by atoms with Gasteiger partial charge in [0.1, 0.15) is 0 Å². The lowest BCUT2D eigenvalue weighted by molar-refractivity contribution is 1.05. The van der Waals surface area contributed by atoms with Crippen LogP contribution in [-0.4, -0.2) is 23.4 Å². The second-order valence-electron chi connectivity index (χ2n) is 2.80. The summed E-state index contributed by atoms with van der Waals surface area (Å²) in [4.78, 5) is 11.4. The van der Waals surface area contributed by atoms with E-state index >= 15 is 0 Å². The van der Waals surface area contributed by atoms with Crippen LogP contribution in [0.5, 0.6) is 0 Å². The molecule has 0 atom stereocenters. The number of hydrogen-bond acceptors (Lipinski definition) is 4. The summed E-state index contributed by atoms with van der Waals surface area (Å²) in [5, 5.41) is 3.49. The van der Waals surface area contributed by atoms with Gasteiger partial charge in [-0.05, 0) is 35.3 Å². The van der Waals surface area contributed by atoms with Crippen LogP contribution < -0.4 is 5.32 Å². The Labute approximate surface area is 115 Å². The van der Waals surface area contributed by atoms with Gasteiger partial charge in [-0.15, -0.1) is 0 Å². The maximum absolute atomic E-state index is 5.95. The van der Waals surface area contributed by atoms with E-state index in [9.17, 15) is 0 Å². The molecule has 1 aromatic heterocycles. The lowest BCUT2D eigenvalue weighted by Gasteiger charge is -2.06. The highest BCUT2D eigenvalue weighted by Gasteiger charge is 2.05. The molecule has 1 N–H and O–H groups in total. The predicted molar refractivity (Wildman–Crippen MR) is 70.3 cm³/mol. The van der Waals surface area contributed by atoms with E-state index in [0.29, 0.717) is 10.7 Å². The van der Waals surface area contributed by atoms with Crippen LogP contribution in [0.25, 0.3) is 0 Å². The number of benzene rings is 1. The zero-order chi connectivity index (χ0) is 11.5. The molecule has 0 saturated heterocycles. The van der Waals surface area contributed by atoms with Gasteiger partial charge in [0, 0.05) is 8.41 Å². The highest BCUT2D eigenvalue weighted by Crippen LogP contribution is 2.23. The van der Waals surface area contributed by atoms with Crippen molar-refractivity contribution in [1.29, 1.82) is 0 Å². The minimum Gasteiger partial charge on any atom is -0.323 e. The fourth-order valence-electron chi connectivity index (χ4n) is 1.06. The van der Waals surface area contributed by atoms with Crippen LogP contribution in [0.4, 0.5) is 11.6 Å². The Morgan fingerprint density at radius 1 is 0.882 bits per heavy atom. The van der Waals surface area contributed by atoms with Crippen LogP contribution in [0, 0.1) is 0 Å². The molecule has 2 rings (SSSR count). The molecular formula is C9H5BCl3N4. The van der Waals surface area contributed by atoms with Crippen molar-refractivity contribution in [3.05, 3.63) is 39.9 Å². The van der Waals surface area contributed by atoms with Crippen molar-refractivity contribution in [1.82, 2.24) is 15.0 Å². The lowest BCUT2D eigenvalue weighted by atomic mass is 10.3. The minimum atomic E-state index is 0. The summed E-state index contributed by atoms with van der Waals surface area (Å²) in [6.07, 6.45) is 0. The zero-order valence-corrected chi connectivity index (χ0v) is 10.6. The molecule has 1 heterocycles. The average molecular weight is 286 g/mol. The first-order chi connectivity index (χ1) is 7.65. The zero-order valence-electron chi connectivity index (χ0n) is 8.36. The molecule has 0 saturated carbocycles. The molecule has 85 valence electrons. The van der Waals surface area contributed by atoms with Crippen molar-refractivity contribution in [3.8, 4) is 0 Å². The summed E-state index contributed by atoms with van der Waals surface area (Å²) in [6.45, 7) is 0. The molecule has 0 fully saturated rings. The van der Waals surface area contributed by atoms with Crippen molar-refractivity contribution in [2.75, 3.05) is 5.32 Å². The topological polar surface area (TPSA) is 50.7 Å². The van der Waals surface area contributed by atoms with Gasteiger partial charge in [-0.3, -0.25) is 0 Å². The molecule has 0 unspecified atom stereocenters. The molecule has 0 bridgehead atoms. The SMILES string of the molecule is Clc1nc(Cl)nc(Nc2ccccc2Cl)n1.[B]. The van der Waals surface area contributed by atoms with E-state index in [1.807, 2.05) is 12.1 Å². The lowest BCUT2D eigenvalue weighted by Crippen LogP contribution is -1.99. The van der Waals surface area contributed by atoms with Gasteiger partial charge in [0.25, 0.3) is 0 Å². The van der Waals surface area contributed by atoms with E-state index in [4.69, 9.17) is 34.8 Å². The fraction of sp³-hybridized carbons (Fsp3) is 0. The first-order valence-corrected chi connectivity index (χ1v) is 5.37. The molecule has 4 nitrogen and oxygen atoms in total. The summed E-state index contributed by atoms with van der Waals surface area (Å²) in [7, 11) is 0. The first-order valence-electron chi connectivity index (χ1n) is 4.24. The van der Waals surface area contributed by atoms with Crippen LogP contribution in [0.15, 0.2) is 24.3 Å². The number of hydrogen-bond donors (Lipinski definition) is 1. The number of nitrogens with one attached hydrogen (secondary N) is 1. The Morgan fingerprint density at radius 2 is 1.47 bits per heavy atom. The number of halogens is 3. The van der Waals surface area contributed by atoms with E-state index < -0.39 is 0 Å². The van der Waals surface area contributed by atoms with Gasteiger partial charge in [-0.2, -0.15) is 15.0 Å². The van der Waals surface area contributed by atoms with Crippen molar-refractivity contribution >= 4 is 54.9 Å². The van der Waals surface area contributed by atoms with Crippen LogP contribution in [0.1, 0.15) is 0 Å². The second kappa shape index (κ2) is 6.05. The monoisotopic (exact) mass is 285 g/mol. The quantitative estimate of drug-likeness (QED) is 0.861. The predicted octanol–water partition coefficient (Wildman–Crippen LogP) is 3.19. The van der Waals surface area contributed by atoms with Crippen LogP contribution in [-0.2, 0) is 0 Å². The van der Waals surface area contributed by atoms with Crippen LogP contribution >= 0.6 is 34.8 Å². The molecule has 17 heavy (non-hydrogen) atoms. The van der Waals surface area contributed by atoms with E-state index in [0.717, 1.165) is 0 Å². The minimum absolute atomic E-state index is 0. The summed E-state index contributed by atoms with van der Waals surface area (Å²) in [6, 6.07) is 7.18. The largest absolute Gasteiger partial charge is 0.323 e. The molecule has 1 aromatic carbocycles. The molecule has 0 aliphatic rings. The molecule has 3 radical (unpaired) electrons. The highest BCUT2D eigenvalue weighted by molar-refractivity contribution is 6.33. The van der Waals surface area contributed by atoms with Gasteiger partial charge in [0.15, 0.2) is 0 Å². The van der Waals surface area contributed by atoms with Crippen molar-refractivity contribution in [2.45, 2.75) is 0 Å². The maximum atomic E-state index is 5.95. The number of aromatic nitrogens is 3. The van der Waals surface area contributed by atoms with Crippen LogP contribution in [0.3, 0.4) is 0 Å².